The zero-order valence-electron chi connectivity index (χ0n) is 12.2. The number of aromatic nitrogens is 1. The Kier molecular flexibility index (Phi) is 6.48. The molecule has 114 valence electrons. The van der Waals surface area contributed by atoms with Crippen LogP contribution in [-0.4, -0.2) is 18.6 Å². The van der Waals surface area contributed by atoms with E-state index in [4.69, 9.17) is 9.47 Å². The lowest BCUT2D eigenvalue weighted by molar-refractivity contribution is 0.282. The Labute approximate surface area is 137 Å². The molecule has 0 atom stereocenters. The molecule has 0 aliphatic carbocycles. The molecule has 21 heavy (non-hydrogen) atoms. The molecule has 4 nitrogen and oxygen atoms in total. The molecule has 6 heteroatoms. The zero-order valence-corrected chi connectivity index (χ0v) is 14.6. The minimum absolute atomic E-state index is 0.445. The standard InChI is InChI=1S/C15H19BrN2O2S/c1-3-4-17-9-11-7-12(16)15(13(8-11)19-2)20-10-14-18-5-6-21-14/h5-8,17H,3-4,9-10H2,1-2H3. The molecule has 0 unspecified atom stereocenters. The fourth-order valence-corrected chi connectivity index (χ4v) is 3.01. The normalized spacial score (nSPS) is 10.6. The van der Waals surface area contributed by atoms with E-state index < -0.39 is 0 Å². The quantitative estimate of drug-likeness (QED) is 0.713. The van der Waals surface area contributed by atoms with Gasteiger partial charge in [-0.3, -0.25) is 0 Å². The Morgan fingerprint density at radius 1 is 1.38 bits per heavy atom. The Balaban J connectivity index is 2.09. The van der Waals surface area contributed by atoms with E-state index in [1.54, 1.807) is 24.6 Å². The van der Waals surface area contributed by atoms with Gasteiger partial charge in [-0.2, -0.15) is 0 Å². The van der Waals surface area contributed by atoms with Crippen LogP contribution in [-0.2, 0) is 13.2 Å². The van der Waals surface area contributed by atoms with Gasteiger partial charge in [-0.15, -0.1) is 11.3 Å². The molecule has 0 saturated heterocycles. The molecule has 0 spiro atoms. The molecule has 0 fully saturated rings. The Morgan fingerprint density at radius 2 is 2.24 bits per heavy atom. The molecule has 0 amide bonds. The Morgan fingerprint density at radius 3 is 2.90 bits per heavy atom. The summed E-state index contributed by atoms with van der Waals surface area (Å²) >= 11 is 5.14. The second-order valence-electron chi connectivity index (χ2n) is 4.50. The van der Waals surface area contributed by atoms with Crippen molar-refractivity contribution in [2.45, 2.75) is 26.5 Å². The van der Waals surface area contributed by atoms with Gasteiger partial charge in [-0.1, -0.05) is 6.92 Å². The van der Waals surface area contributed by atoms with Gasteiger partial charge in [0.25, 0.3) is 0 Å². The van der Waals surface area contributed by atoms with Gasteiger partial charge >= 0.3 is 0 Å². The fraction of sp³-hybridized carbons (Fsp3) is 0.400. The van der Waals surface area contributed by atoms with Crippen LogP contribution in [0.15, 0.2) is 28.2 Å². The van der Waals surface area contributed by atoms with E-state index in [0.717, 1.165) is 40.3 Å². The highest BCUT2D eigenvalue weighted by Gasteiger charge is 2.12. The molecule has 2 rings (SSSR count). The molecule has 0 radical (unpaired) electrons. The first-order valence-corrected chi connectivity index (χ1v) is 8.50. The minimum atomic E-state index is 0.445. The van der Waals surface area contributed by atoms with E-state index in [1.807, 2.05) is 11.4 Å². The highest BCUT2D eigenvalue weighted by Crippen LogP contribution is 2.37. The number of hydrogen-bond donors (Lipinski definition) is 1. The summed E-state index contributed by atoms with van der Waals surface area (Å²) in [6.45, 7) is 4.41. The van der Waals surface area contributed by atoms with Crippen molar-refractivity contribution in [3.8, 4) is 11.5 Å². The second-order valence-corrected chi connectivity index (χ2v) is 6.33. The van der Waals surface area contributed by atoms with Gasteiger partial charge in [0.15, 0.2) is 11.5 Å². The molecule has 0 saturated carbocycles. The molecular formula is C15H19BrN2O2S. The summed E-state index contributed by atoms with van der Waals surface area (Å²) in [6.07, 6.45) is 2.89. The van der Waals surface area contributed by atoms with E-state index in [1.165, 1.54) is 0 Å². The van der Waals surface area contributed by atoms with E-state index in [2.05, 4.69) is 39.2 Å². The summed E-state index contributed by atoms with van der Waals surface area (Å²) in [5, 5.41) is 6.26. The predicted molar refractivity (Wildman–Crippen MR) is 89.1 cm³/mol. The van der Waals surface area contributed by atoms with Gasteiger partial charge < -0.3 is 14.8 Å². The third kappa shape index (κ3) is 4.69. The summed E-state index contributed by atoms with van der Waals surface area (Å²) < 4.78 is 12.2. The van der Waals surface area contributed by atoms with Crippen molar-refractivity contribution in [2.75, 3.05) is 13.7 Å². The molecule has 1 N–H and O–H groups in total. The lowest BCUT2D eigenvalue weighted by atomic mass is 10.2. The summed E-state index contributed by atoms with van der Waals surface area (Å²) in [5.41, 5.74) is 1.16. The van der Waals surface area contributed by atoms with Crippen LogP contribution < -0.4 is 14.8 Å². The topological polar surface area (TPSA) is 43.4 Å². The molecule has 1 aromatic heterocycles. The average Bonchev–Trinajstić information content (AvgIpc) is 2.99. The van der Waals surface area contributed by atoms with Crippen molar-refractivity contribution in [2.24, 2.45) is 0 Å². The summed E-state index contributed by atoms with van der Waals surface area (Å²) in [6, 6.07) is 4.06. The van der Waals surface area contributed by atoms with Crippen LogP contribution in [0.25, 0.3) is 0 Å². The van der Waals surface area contributed by atoms with E-state index in [-0.39, 0.29) is 0 Å². The monoisotopic (exact) mass is 370 g/mol. The van der Waals surface area contributed by atoms with E-state index >= 15 is 0 Å². The maximum Gasteiger partial charge on any atom is 0.175 e. The van der Waals surface area contributed by atoms with Crippen LogP contribution in [0.4, 0.5) is 0 Å². The number of benzene rings is 1. The molecule has 0 aliphatic rings. The smallest absolute Gasteiger partial charge is 0.175 e. The number of ether oxygens (including phenoxy) is 2. The van der Waals surface area contributed by atoms with Crippen molar-refractivity contribution in [3.05, 3.63) is 38.8 Å². The van der Waals surface area contributed by atoms with Crippen molar-refractivity contribution in [1.29, 1.82) is 0 Å². The van der Waals surface area contributed by atoms with Crippen LogP contribution >= 0.6 is 27.3 Å². The average molecular weight is 371 g/mol. The maximum absolute atomic E-state index is 5.84. The van der Waals surface area contributed by atoms with Crippen LogP contribution in [0, 0.1) is 0 Å². The predicted octanol–water partition coefficient (Wildman–Crippen LogP) is 3.99. The van der Waals surface area contributed by atoms with Crippen molar-refractivity contribution in [1.82, 2.24) is 10.3 Å². The number of nitrogens with zero attached hydrogens (tertiary/aromatic N) is 1. The SMILES string of the molecule is CCCNCc1cc(Br)c(OCc2nccs2)c(OC)c1. The molecule has 1 heterocycles. The van der Waals surface area contributed by atoms with Crippen molar-refractivity contribution >= 4 is 27.3 Å². The summed E-state index contributed by atoms with van der Waals surface area (Å²) in [5.74, 6) is 1.45. The Bertz CT molecular complexity index is 561. The van der Waals surface area contributed by atoms with Crippen LogP contribution in [0.1, 0.15) is 23.9 Å². The number of methoxy groups -OCH3 is 1. The van der Waals surface area contributed by atoms with Crippen molar-refractivity contribution in [3.63, 3.8) is 0 Å². The molecular weight excluding hydrogens is 352 g/mol. The van der Waals surface area contributed by atoms with Gasteiger partial charge in [0, 0.05) is 18.1 Å². The molecule has 1 aromatic carbocycles. The fourth-order valence-electron chi connectivity index (χ4n) is 1.88. The second kappa shape index (κ2) is 8.36. The highest BCUT2D eigenvalue weighted by atomic mass is 79.9. The lowest BCUT2D eigenvalue weighted by Crippen LogP contribution is -2.14. The zero-order chi connectivity index (χ0) is 15.1. The van der Waals surface area contributed by atoms with Crippen LogP contribution in [0.5, 0.6) is 11.5 Å². The largest absolute Gasteiger partial charge is 0.493 e. The highest BCUT2D eigenvalue weighted by molar-refractivity contribution is 9.10. The summed E-state index contributed by atoms with van der Waals surface area (Å²) in [4.78, 5) is 4.21. The molecule has 0 bridgehead atoms. The maximum atomic E-state index is 5.84. The van der Waals surface area contributed by atoms with Crippen molar-refractivity contribution < 1.29 is 9.47 Å². The van der Waals surface area contributed by atoms with Gasteiger partial charge in [0.1, 0.15) is 11.6 Å². The third-order valence-corrected chi connectivity index (χ3v) is 4.21. The van der Waals surface area contributed by atoms with Gasteiger partial charge in [-0.05, 0) is 46.6 Å². The molecule has 2 aromatic rings. The van der Waals surface area contributed by atoms with Crippen LogP contribution in [0.3, 0.4) is 0 Å². The first-order valence-electron chi connectivity index (χ1n) is 6.83. The van der Waals surface area contributed by atoms with Crippen LogP contribution in [0.2, 0.25) is 0 Å². The first-order chi connectivity index (χ1) is 10.2. The number of thiazole rings is 1. The summed E-state index contributed by atoms with van der Waals surface area (Å²) in [7, 11) is 1.65. The van der Waals surface area contributed by atoms with Gasteiger partial charge in [0.2, 0.25) is 0 Å². The lowest BCUT2D eigenvalue weighted by Gasteiger charge is -2.14. The number of nitrogens with one attached hydrogen (secondary N) is 1. The number of rotatable bonds is 8. The first kappa shape index (κ1) is 16.3. The third-order valence-electron chi connectivity index (χ3n) is 2.87. The Hall–Kier alpha value is -1.11. The number of hydrogen-bond acceptors (Lipinski definition) is 5. The number of halogens is 1. The molecule has 0 aliphatic heterocycles. The van der Waals surface area contributed by atoms with E-state index in [0.29, 0.717) is 12.4 Å². The minimum Gasteiger partial charge on any atom is -0.493 e. The van der Waals surface area contributed by atoms with Gasteiger partial charge in [-0.25, -0.2) is 4.98 Å². The van der Waals surface area contributed by atoms with Gasteiger partial charge in [0.05, 0.1) is 11.6 Å². The van der Waals surface area contributed by atoms with E-state index in [9.17, 15) is 0 Å².